The van der Waals surface area contributed by atoms with E-state index in [2.05, 4.69) is 19.1 Å². The van der Waals surface area contributed by atoms with Gasteiger partial charge in [-0.3, -0.25) is 4.79 Å². The number of ether oxygens (including phenoxy) is 1. The molecule has 0 aliphatic rings. The maximum Gasteiger partial charge on any atom is 0.174 e. The number of carbonyl (C=O) groups excluding carboxylic acids is 1. The average molecular weight is 303 g/mol. The molecule has 0 amide bonds. The fourth-order valence-corrected chi connectivity index (χ4v) is 2.56. The molecule has 21 heavy (non-hydrogen) atoms. The van der Waals surface area contributed by atoms with Crippen molar-refractivity contribution in [1.29, 1.82) is 0 Å². The van der Waals surface area contributed by atoms with Crippen LogP contribution in [0.1, 0.15) is 22.3 Å². The van der Waals surface area contributed by atoms with Gasteiger partial charge in [-0.2, -0.15) is 0 Å². The second-order valence-electron chi connectivity index (χ2n) is 5.34. The lowest BCUT2D eigenvalue weighted by Gasteiger charge is -2.11. The fraction of sp³-hybridized carbons (Fsp3) is 0.278. The molecule has 3 heteroatoms. The summed E-state index contributed by atoms with van der Waals surface area (Å²) in [7, 11) is 0. The van der Waals surface area contributed by atoms with Crippen molar-refractivity contribution in [2.45, 2.75) is 27.2 Å². The number of hydrogen-bond acceptors (Lipinski definition) is 2. The van der Waals surface area contributed by atoms with Gasteiger partial charge in [-0.1, -0.05) is 29.3 Å². The number of carbonyl (C=O) groups is 1. The normalized spacial score (nSPS) is 10.5. The van der Waals surface area contributed by atoms with Crippen LogP contribution in [0.5, 0.6) is 5.75 Å². The standard InChI is InChI=1S/C18H19ClO2/c1-12-8-13(2)18(14(3)9-12)10-16(20)11-21-17-6-4-15(19)5-7-17/h4-9H,10-11H2,1-3H3. The number of hydrogen-bond donors (Lipinski definition) is 0. The van der Waals surface area contributed by atoms with Crippen LogP contribution < -0.4 is 4.74 Å². The Labute approximate surface area is 130 Å². The van der Waals surface area contributed by atoms with Crippen molar-refractivity contribution in [2.75, 3.05) is 6.61 Å². The smallest absolute Gasteiger partial charge is 0.174 e. The van der Waals surface area contributed by atoms with Gasteiger partial charge in [0.05, 0.1) is 0 Å². The van der Waals surface area contributed by atoms with E-state index in [-0.39, 0.29) is 12.4 Å². The van der Waals surface area contributed by atoms with Crippen LogP contribution in [0.25, 0.3) is 0 Å². The number of halogens is 1. The molecular formula is C18H19ClO2. The highest BCUT2D eigenvalue weighted by Gasteiger charge is 2.10. The lowest BCUT2D eigenvalue weighted by atomic mass is 9.96. The lowest BCUT2D eigenvalue weighted by molar-refractivity contribution is -0.120. The molecule has 0 spiro atoms. The van der Waals surface area contributed by atoms with Gasteiger partial charge in [-0.25, -0.2) is 0 Å². The number of Topliss-reactive ketones (excluding diaryl/α,β-unsaturated/α-hetero) is 1. The maximum absolute atomic E-state index is 12.1. The van der Waals surface area contributed by atoms with E-state index in [4.69, 9.17) is 16.3 Å². The third-order valence-corrected chi connectivity index (χ3v) is 3.68. The van der Waals surface area contributed by atoms with Crippen LogP contribution in [0.3, 0.4) is 0 Å². The van der Waals surface area contributed by atoms with E-state index in [1.807, 2.05) is 13.8 Å². The molecule has 0 aliphatic carbocycles. The number of ketones is 1. The molecule has 0 N–H and O–H groups in total. The van der Waals surface area contributed by atoms with Crippen LogP contribution in [-0.4, -0.2) is 12.4 Å². The van der Waals surface area contributed by atoms with E-state index < -0.39 is 0 Å². The Morgan fingerprint density at radius 2 is 1.62 bits per heavy atom. The Morgan fingerprint density at radius 3 is 2.19 bits per heavy atom. The zero-order chi connectivity index (χ0) is 15.4. The summed E-state index contributed by atoms with van der Waals surface area (Å²) in [6.07, 6.45) is 0.408. The molecule has 110 valence electrons. The number of aryl methyl sites for hydroxylation is 3. The highest BCUT2D eigenvalue weighted by atomic mass is 35.5. The number of rotatable bonds is 5. The first-order chi connectivity index (χ1) is 9.95. The second-order valence-corrected chi connectivity index (χ2v) is 5.77. The van der Waals surface area contributed by atoms with Crippen molar-refractivity contribution < 1.29 is 9.53 Å². The van der Waals surface area contributed by atoms with Crippen molar-refractivity contribution in [3.63, 3.8) is 0 Å². The van der Waals surface area contributed by atoms with E-state index in [0.29, 0.717) is 17.2 Å². The predicted octanol–water partition coefficient (Wildman–Crippen LogP) is 4.46. The first kappa shape index (κ1) is 15.6. The highest BCUT2D eigenvalue weighted by molar-refractivity contribution is 6.30. The van der Waals surface area contributed by atoms with Gasteiger partial charge < -0.3 is 4.74 Å². The van der Waals surface area contributed by atoms with Gasteiger partial charge in [-0.15, -0.1) is 0 Å². The molecule has 0 atom stereocenters. The Balaban J connectivity index is 1.97. The quantitative estimate of drug-likeness (QED) is 0.815. The van der Waals surface area contributed by atoms with E-state index >= 15 is 0 Å². The Bertz CT molecular complexity index is 622. The third-order valence-electron chi connectivity index (χ3n) is 3.43. The van der Waals surface area contributed by atoms with Crippen LogP contribution in [0.4, 0.5) is 0 Å². The molecule has 2 aromatic rings. The van der Waals surface area contributed by atoms with E-state index in [1.54, 1.807) is 24.3 Å². The molecule has 2 rings (SSSR count). The lowest BCUT2D eigenvalue weighted by Crippen LogP contribution is -2.15. The maximum atomic E-state index is 12.1. The van der Waals surface area contributed by atoms with Gasteiger partial charge in [0.1, 0.15) is 12.4 Å². The predicted molar refractivity (Wildman–Crippen MR) is 86.3 cm³/mol. The first-order valence-electron chi connectivity index (χ1n) is 6.92. The minimum absolute atomic E-state index is 0.0694. The van der Waals surface area contributed by atoms with Gasteiger partial charge in [0.2, 0.25) is 0 Å². The largest absolute Gasteiger partial charge is 0.486 e. The highest BCUT2D eigenvalue weighted by Crippen LogP contribution is 2.18. The first-order valence-corrected chi connectivity index (χ1v) is 7.30. The van der Waals surface area contributed by atoms with Crippen molar-refractivity contribution in [3.8, 4) is 5.75 Å². The summed E-state index contributed by atoms with van der Waals surface area (Å²) < 4.78 is 5.49. The molecule has 0 bridgehead atoms. The summed E-state index contributed by atoms with van der Waals surface area (Å²) in [5.74, 6) is 0.727. The van der Waals surface area contributed by atoms with Gasteiger partial charge in [0.25, 0.3) is 0 Å². The minimum Gasteiger partial charge on any atom is -0.486 e. The molecule has 2 aromatic carbocycles. The van der Waals surface area contributed by atoms with E-state index in [0.717, 1.165) is 16.7 Å². The second kappa shape index (κ2) is 6.77. The van der Waals surface area contributed by atoms with Crippen molar-refractivity contribution in [1.82, 2.24) is 0 Å². The summed E-state index contributed by atoms with van der Waals surface area (Å²) in [5.41, 5.74) is 4.64. The van der Waals surface area contributed by atoms with Crippen molar-refractivity contribution >= 4 is 17.4 Å². The zero-order valence-corrected chi connectivity index (χ0v) is 13.3. The fourth-order valence-electron chi connectivity index (χ4n) is 2.43. The van der Waals surface area contributed by atoms with Crippen molar-refractivity contribution in [3.05, 3.63) is 63.7 Å². The summed E-state index contributed by atoms with van der Waals surface area (Å²) in [6.45, 7) is 6.23. The SMILES string of the molecule is Cc1cc(C)c(CC(=O)COc2ccc(Cl)cc2)c(C)c1. The van der Waals surface area contributed by atoms with Crippen molar-refractivity contribution in [2.24, 2.45) is 0 Å². The molecule has 0 radical (unpaired) electrons. The Morgan fingerprint density at radius 1 is 1.05 bits per heavy atom. The van der Waals surface area contributed by atoms with Gasteiger partial charge in [0, 0.05) is 11.4 Å². The van der Waals surface area contributed by atoms with Gasteiger partial charge in [0.15, 0.2) is 5.78 Å². The summed E-state index contributed by atoms with van der Waals surface area (Å²) in [5, 5.41) is 0.652. The molecule has 2 nitrogen and oxygen atoms in total. The molecule has 0 aromatic heterocycles. The molecular weight excluding hydrogens is 284 g/mol. The Kier molecular flexibility index (Phi) is 5.03. The van der Waals surface area contributed by atoms with Gasteiger partial charge in [-0.05, 0) is 61.7 Å². The van der Waals surface area contributed by atoms with E-state index in [9.17, 15) is 4.79 Å². The monoisotopic (exact) mass is 302 g/mol. The molecule has 0 unspecified atom stereocenters. The zero-order valence-electron chi connectivity index (χ0n) is 12.6. The van der Waals surface area contributed by atoms with Crippen LogP contribution in [0.2, 0.25) is 5.02 Å². The number of benzene rings is 2. The van der Waals surface area contributed by atoms with Crippen LogP contribution in [0, 0.1) is 20.8 Å². The molecule has 0 aliphatic heterocycles. The summed E-state index contributed by atoms with van der Waals surface area (Å²) >= 11 is 5.81. The summed E-state index contributed by atoms with van der Waals surface area (Å²) in [6, 6.07) is 11.2. The molecule has 0 fully saturated rings. The molecule has 0 heterocycles. The average Bonchev–Trinajstić information content (AvgIpc) is 2.42. The van der Waals surface area contributed by atoms with Gasteiger partial charge >= 0.3 is 0 Å². The minimum atomic E-state index is 0.0694. The van der Waals surface area contributed by atoms with Crippen LogP contribution >= 0.6 is 11.6 Å². The van der Waals surface area contributed by atoms with E-state index in [1.165, 1.54) is 5.56 Å². The third kappa shape index (κ3) is 4.33. The van der Waals surface area contributed by atoms with Crippen LogP contribution in [-0.2, 0) is 11.2 Å². The molecule has 0 saturated carbocycles. The topological polar surface area (TPSA) is 26.3 Å². The molecule has 0 saturated heterocycles. The summed E-state index contributed by atoms with van der Waals surface area (Å²) in [4.78, 5) is 12.1. The van der Waals surface area contributed by atoms with Crippen LogP contribution in [0.15, 0.2) is 36.4 Å². The Hall–Kier alpha value is -1.80.